The third kappa shape index (κ3) is 2.25. The van der Waals surface area contributed by atoms with Crippen LogP contribution in [0, 0.1) is 0 Å². The minimum absolute atomic E-state index is 0.220. The molecule has 0 rings (SSSR count). The SMILES string of the molecule is CCC(F)=C(F)F. The van der Waals surface area contributed by atoms with Gasteiger partial charge >= 0.3 is 6.08 Å². The van der Waals surface area contributed by atoms with Crippen molar-refractivity contribution in [2.45, 2.75) is 13.3 Å². The molecule has 0 aromatic heterocycles. The van der Waals surface area contributed by atoms with E-state index in [0.717, 1.165) is 0 Å². The zero-order valence-electron chi connectivity index (χ0n) is 3.84. The van der Waals surface area contributed by atoms with Crippen molar-refractivity contribution in [1.29, 1.82) is 0 Å². The summed E-state index contributed by atoms with van der Waals surface area (Å²) in [6.45, 7) is 1.33. The van der Waals surface area contributed by atoms with E-state index in [1.807, 2.05) is 0 Å². The Hall–Kier alpha value is -0.470. The second kappa shape index (κ2) is 2.66. The molecule has 0 atom stereocenters. The van der Waals surface area contributed by atoms with Crippen molar-refractivity contribution in [1.82, 2.24) is 0 Å². The lowest BCUT2D eigenvalue weighted by Gasteiger charge is -1.81. The van der Waals surface area contributed by atoms with Crippen molar-refractivity contribution in [2.24, 2.45) is 0 Å². The largest absolute Gasteiger partial charge is 0.301 e. The number of halogens is 3. The summed E-state index contributed by atoms with van der Waals surface area (Å²) in [6, 6.07) is 0. The van der Waals surface area contributed by atoms with Gasteiger partial charge in [-0.2, -0.15) is 8.78 Å². The quantitative estimate of drug-likeness (QED) is 0.486. The van der Waals surface area contributed by atoms with E-state index in [2.05, 4.69) is 0 Å². The summed E-state index contributed by atoms with van der Waals surface area (Å²) in [4.78, 5) is 0. The molecule has 0 aromatic carbocycles. The topological polar surface area (TPSA) is 0 Å². The molecule has 0 unspecified atom stereocenters. The van der Waals surface area contributed by atoms with Crippen LogP contribution in [0.3, 0.4) is 0 Å². The zero-order chi connectivity index (χ0) is 5.86. The minimum atomic E-state index is -2.21. The lowest BCUT2D eigenvalue weighted by Crippen LogP contribution is -1.68. The first-order chi connectivity index (χ1) is 3.18. The zero-order valence-corrected chi connectivity index (χ0v) is 3.84. The summed E-state index contributed by atoms with van der Waals surface area (Å²) >= 11 is 0. The van der Waals surface area contributed by atoms with Gasteiger partial charge in [0, 0.05) is 6.42 Å². The fourth-order valence-electron chi connectivity index (χ4n) is 0.134. The van der Waals surface area contributed by atoms with Crippen LogP contribution in [-0.4, -0.2) is 0 Å². The highest BCUT2D eigenvalue weighted by molar-refractivity contribution is 4.89. The second-order valence-corrected chi connectivity index (χ2v) is 1.02. The fraction of sp³-hybridized carbons (Fsp3) is 0.500. The highest BCUT2D eigenvalue weighted by atomic mass is 19.3. The van der Waals surface area contributed by atoms with Crippen molar-refractivity contribution in [3.05, 3.63) is 11.9 Å². The van der Waals surface area contributed by atoms with Gasteiger partial charge in [0.2, 0.25) is 0 Å². The molecule has 0 saturated carbocycles. The molecule has 0 aliphatic heterocycles. The van der Waals surface area contributed by atoms with Gasteiger partial charge in [-0.05, 0) is 0 Å². The molecular formula is C4H5F3. The molecule has 0 fully saturated rings. The van der Waals surface area contributed by atoms with Crippen molar-refractivity contribution >= 4 is 0 Å². The van der Waals surface area contributed by atoms with E-state index >= 15 is 0 Å². The molecule has 0 heterocycles. The van der Waals surface area contributed by atoms with Crippen molar-refractivity contribution < 1.29 is 13.2 Å². The summed E-state index contributed by atoms with van der Waals surface area (Å²) in [5.74, 6) is -1.32. The Balaban J connectivity index is 3.72. The third-order valence-corrected chi connectivity index (χ3v) is 0.515. The van der Waals surface area contributed by atoms with Crippen LogP contribution in [0.1, 0.15) is 13.3 Å². The molecule has 0 spiro atoms. The molecule has 0 aromatic rings. The second-order valence-electron chi connectivity index (χ2n) is 1.02. The Labute approximate surface area is 39.6 Å². The third-order valence-electron chi connectivity index (χ3n) is 0.515. The highest BCUT2D eigenvalue weighted by Crippen LogP contribution is 2.10. The fourth-order valence-corrected chi connectivity index (χ4v) is 0.134. The van der Waals surface area contributed by atoms with E-state index in [4.69, 9.17) is 0 Å². The van der Waals surface area contributed by atoms with Crippen LogP contribution < -0.4 is 0 Å². The molecule has 3 heteroatoms. The average Bonchev–Trinajstić information content (AvgIpc) is 1.65. The van der Waals surface area contributed by atoms with Gasteiger partial charge in [0.1, 0.15) is 0 Å². The van der Waals surface area contributed by atoms with Gasteiger partial charge < -0.3 is 0 Å². The van der Waals surface area contributed by atoms with Crippen LogP contribution in [0.4, 0.5) is 13.2 Å². The number of allylic oxidation sites excluding steroid dienone is 1. The average molecular weight is 110 g/mol. The number of hydrogen-bond acceptors (Lipinski definition) is 0. The Morgan fingerprint density at radius 1 is 1.29 bits per heavy atom. The van der Waals surface area contributed by atoms with E-state index in [-0.39, 0.29) is 6.42 Å². The first kappa shape index (κ1) is 6.53. The maximum absolute atomic E-state index is 11.4. The number of rotatable bonds is 1. The Bertz CT molecular complexity index is 80.9. The predicted octanol–water partition coefficient (Wildman–Crippen LogP) is 2.47. The molecule has 0 nitrogen and oxygen atoms in total. The molecule has 0 aliphatic rings. The maximum atomic E-state index is 11.4. The Kier molecular flexibility index (Phi) is 2.48. The van der Waals surface area contributed by atoms with Crippen LogP contribution in [0.2, 0.25) is 0 Å². The van der Waals surface area contributed by atoms with Crippen LogP contribution in [0.15, 0.2) is 11.9 Å². The van der Waals surface area contributed by atoms with E-state index in [1.54, 1.807) is 0 Å². The molecule has 42 valence electrons. The molecule has 0 N–H and O–H groups in total. The maximum Gasteiger partial charge on any atom is 0.301 e. The standard InChI is InChI=1S/C4H5F3/c1-2-3(5)4(6)7/h2H2,1H3. The van der Waals surface area contributed by atoms with Crippen LogP contribution in [-0.2, 0) is 0 Å². The molecule has 0 aliphatic carbocycles. The Morgan fingerprint density at radius 3 is 1.71 bits per heavy atom. The monoisotopic (exact) mass is 110 g/mol. The van der Waals surface area contributed by atoms with Gasteiger partial charge in [-0.3, -0.25) is 0 Å². The number of hydrogen-bond donors (Lipinski definition) is 0. The van der Waals surface area contributed by atoms with Crippen molar-refractivity contribution in [2.75, 3.05) is 0 Å². The van der Waals surface area contributed by atoms with E-state index < -0.39 is 11.9 Å². The summed E-state index contributed by atoms with van der Waals surface area (Å²) < 4.78 is 33.3. The summed E-state index contributed by atoms with van der Waals surface area (Å²) in [6.07, 6.45) is -2.43. The molecule has 0 radical (unpaired) electrons. The first-order valence-electron chi connectivity index (χ1n) is 1.88. The molecule has 0 amide bonds. The van der Waals surface area contributed by atoms with Crippen LogP contribution in [0.5, 0.6) is 0 Å². The normalized spacial score (nSPS) is 8.57. The van der Waals surface area contributed by atoms with Crippen LogP contribution >= 0.6 is 0 Å². The lowest BCUT2D eigenvalue weighted by molar-refractivity contribution is 0.373. The molecule has 0 bridgehead atoms. The van der Waals surface area contributed by atoms with Gasteiger partial charge in [-0.25, -0.2) is 4.39 Å². The first-order valence-corrected chi connectivity index (χ1v) is 1.88. The van der Waals surface area contributed by atoms with Gasteiger partial charge in [0.15, 0.2) is 5.83 Å². The van der Waals surface area contributed by atoms with E-state index in [9.17, 15) is 13.2 Å². The minimum Gasteiger partial charge on any atom is -0.206 e. The summed E-state index contributed by atoms with van der Waals surface area (Å²) in [5.41, 5.74) is 0. The highest BCUT2D eigenvalue weighted by Gasteiger charge is 1.98. The van der Waals surface area contributed by atoms with E-state index in [0.29, 0.717) is 0 Å². The smallest absolute Gasteiger partial charge is 0.206 e. The van der Waals surface area contributed by atoms with Crippen molar-refractivity contribution in [3.8, 4) is 0 Å². The van der Waals surface area contributed by atoms with Gasteiger partial charge in [0.25, 0.3) is 0 Å². The molecular weight excluding hydrogens is 105 g/mol. The predicted molar refractivity (Wildman–Crippen MR) is 20.6 cm³/mol. The van der Waals surface area contributed by atoms with E-state index in [1.165, 1.54) is 6.92 Å². The summed E-state index contributed by atoms with van der Waals surface area (Å²) in [5, 5.41) is 0. The van der Waals surface area contributed by atoms with Crippen molar-refractivity contribution in [3.63, 3.8) is 0 Å². The van der Waals surface area contributed by atoms with Gasteiger partial charge in [-0.15, -0.1) is 0 Å². The van der Waals surface area contributed by atoms with Crippen LogP contribution in [0.25, 0.3) is 0 Å². The van der Waals surface area contributed by atoms with Gasteiger partial charge in [-0.1, -0.05) is 6.92 Å². The Morgan fingerprint density at radius 2 is 1.71 bits per heavy atom. The molecule has 0 saturated heterocycles. The lowest BCUT2D eigenvalue weighted by atomic mass is 10.4. The summed E-state index contributed by atoms with van der Waals surface area (Å²) in [7, 11) is 0. The van der Waals surface area contributed by atoms with Gasteiger partial charge in [0.05, 0.1) is 0 Å². The molecule has 7 heavy (non-hydrogen) atoms.